The molecule has 1 saturated heterocycles. The molecule has 2 heterocycles. The quantitative estimate of drug-likeness (QED) is 0.407. The summed E-state index contributed by atoms with van der Waals surface area (Å²) in [5.74, 6) is 0.0194. The van der Waals surface area contributed by atoms with Gasteiger partial charge in [-0.05, 0) is 23.1 Å². The molecule has 2 aromatic rings. The van der Waals surface area contributed by atoms with Gasteiger partial charge in [0.15, 0.2) is 12.4 Å². The molecule has 0 spiro atoms. The number of ether oxygens (including phenoxy) is 1. The number of morpholine rings is 1. The SMILES string of the molecule is N/C(=N/OCC(=O)NCc1cccs1)c1cccc(CN2CCOCC2)c1. The smallest absolute Gasteiger partial charge is 0.261 e. The number of amides is 1. The predicted octanol–water partition coefficient (Wildman–Crippen LogP) is 1.53. The van der Waals surface area contributed by atoms with Gasteiger partial charge in [-0.3, -0.25) is 9.69 Å². The van der Waals surface area contributed by atoms with Crippen LogP contribution in [0.4, 0.5) is 0 Å². The van der Waals surface area contributed by atoms with Crippen molar-refractivity contribution in [3.8, 4) is 0 Å². The highest BCUT2D eigenvalue weighted by atomic mass is 32.1. The number of nitrogens with two attached hydrogens (primary N) is 1. The zero-order valence-electron chi connectivity index (χ0n) is 15.1. The molecule has 1 amide bonds. The summed E-state index contributed by atoms with van der Waals surface area (Å²) in [6, 6.07) is 11.8. The summed E-state index contributed by atoms with van der Waals surface area (Å²) in [4.78, 5) is 20.3. The van der Waals surface area contributed by atoms with Crippen molar-refractivity contribution >= 4 is 23.1 Å². The number of nitrogens with zero attached hydrogens (tertiary/aromatic N) is 2. The molecule has 144 valence electrons. The van der Waals surface area contributed by atoms with Crippen LogP contribution in [0.5, 0.6) is 0 Å². The Hall–Kier alpha value is -2.42. The van der Waals surface area contributed by atoms with Gasteiger partial charge in [-0.15, -0.1) is 11.3 Å². The van der Waals surface area contributed by atoms with Crippen LogP contribution in [0.25, 0.3) is 0 Å². The minimum Gasteiger partial charge on any atom is -0.384 e. The Labute approximate surface area is 162 Å². The summed E-state index contributed by atoms with van der Waals surface area (Å²) >= 11 is 1.59. The Morgan fingerprint density at radius 1 is 1.30 bits per heavy atom. The van der Waals surface area contributed by atoms with E-state index in [0.29, 0.717) is 6.54 Å². The van der Waals surface area contributed by atoms with Crippen LogP contribution in [0.2, 0.25) is 0 Å². The van der Waals surface area contributed by atoms with Crippen molar-refractivity contribution in [3.63, 3.8) is 0 Å². The highest BCUT2D eigenvalue weighted by Gasteiger charge is 2.11. The molecule has 1 aromatic carbocycles. The van der Waals surface area contributed by atoms with Crippen molar-refractivity contribution in [2.75, 3.05) is 32.9 Å². The van der Waals surface area contributed by atoms with Crippen molar-refractivity contribution < 1.29 is 14.4 Å². The lowest BCUT2D eigenvalue weighted by molar-refractivity contribution is -0.125. The number of amidine groups is 1. The maximum atomic E-state index is 11.8. The molecule has 0 atom stereocenters. The second kappa shape index (κ2) is 10.1. The number of nitrogens with one attached hydrogen (secondary N) is 1. The average molecular weight is 388 g/mol. The van der Waals surface area contributed by atoms with Crippen molar-refractivity contribution in [1.82, 2.24) is 10.2 Å². The second-order valence-corrected chi connectivity index (χ2v) is 7.23. The van der Waals surface area contributed by atoms with Gasteiger partial charge in [0.2, 0.25) is 0 Å². The molecule has 8 heteroatoms. The molecule has 1 aromatic heterocycles. The van der Waals surface area contributed by atoms with Crippen molar-refractivity contribution in [1.29, 1.82) is 0 Å². The van der Waals surface area contributed by atoms with Gasteiger partial charge in [-0.1, -0.05) is 29.4 Å². The number of hydrogen-bond acceptors (Lipinski definition) is 6. The van der Waals surface area contributed by atoms with Crippen LogP contribution in [0.15, 0.2) is 46.9 Å². The standard InChI is InChI=1S/C19H24N4O3S/c20-19(22-26-14-18(24)21-12-17-5-2-10-27-17)16-4-1-3-15(11-16)13-23-6-8-25-9-7-23/h1-5,10-11H,6-9,12-14H2,(H2,20,22)(H,21,24). The molecule has 0 radical (unpaired) electrons. The third kappa shape index (κ3) is 6.35. The molecule has 3 N–H and O–H groups in total. The number of benzene rings is 1. The van der Waals surface area contributed by atoms with E-state index < -0.39 is 0 Å². The molecule has 0 saturated carbocycles. The lowest BCUT2D eigenvalue weighted by Gasteiger charge is -2.26. The van der Waals surface area contributed by atoms with Gasteiger partial charge in [-0.25, -0.2) is 0 Å². The number of carbonyl (C=O) groups is 1. The Morgan fingerprint density at radius 2 is 2.15 bits per heavy atom. The minimum absolute atomic E-state index is 0.167. The molecule has 27 heavy (non-hydrogen) atoms. The Balaban J connectivity index is 1.46. The average Bonchev–Trinajstić information content (AvgIpc) is 3.21. The number of hydrogen-bond donors (Lipinski definition) is 2. The normalized spacial score (nSPS) is 15.5. The van der Waals surface area contributed by atoms with Gasteiger partial charge < -0.3 is 20.6 Å². The minimum atomic E-state index is -0.235. The molecular weight excluding hydrogens is 364 g/mol. The molecule has 1 aliphatic heterocycles. The monoisotopic (exact) mass is 388 g/mol. The van der Waals surface area contributed by atoms with Crippen molar-refractivity contribution in [2.24, 2.45) is 10.9 Å². The van der Waals surface area contributed by atoms with Crippen LogP contribution in [-0.4, -0.2) is 49.6 Å². The summed E-state index contributed by atoms with van der Waals surface area (Å²) in [5.41, 5.74) is 7.93. The highest BCUT2D eigenvalue weighted by Crippen LogP contribution is 2.10. The van der Waals surface area contributed by atoms with Gasteiger partial charge in [0.05, 0.1) is 19.8 Å². The molecule has 0 unspecified atom stereocenters. The van der Waals surface area contributed by atoms with E-state index in [2.05, 4.69) is 21.4 Å². The third-order valence-corrected chi connectivity index (χ3v) is 5.01. The lowest BCUT2D eigenvalue weighted by Crippen LogP contribution is -2.35. The number of thiophene rings is 1. The lowest BCUT2D eigenvalue weighted by atomic mass is 10.1. The van der Waals surface area contributed by atoms with E-state index >= 15 is 0 Å². The Morgan fingerprint density at radius 3 is 2.93 bits per heavy atom. The maximum absolute atomic E-state index is 11.8. The predicted molar refractivity (Wildman–Crippen MR) is 105 cm³/mol. The van der Waals surface area contributed by atoms with Gasteiger partial charge in [-0.2, -0.15) is 0 Å². The molecule has 0 aliphatic carbocycles. The zero-order chi connectivity index (χ0) is 18.9. The topological polar surface area (TPSA) is 89.2 Å². The first-order valence-corrected chi connectivity index (χ1v) is 9.72. The van der Waals surface area contributed by atoms with Crippen LogP contribution in [0.3, 0.4) is 0 Å². The summed E-state index contributed by atoms with van der Waals surface area (Å²) in [6.07, 6.45) is 0. The Kier molecular flexibility index (Phi) is 7.20. The van der Waals surface area contributed by atoms with Crippen LogP contribution >= 0.6 is 11.3 Å². The van der Waals surface area contributed by atoms with Crippen LogP contribution in [0, 0.1) is 0 Å². The fourth-order valence-electron chi connectivity index (χ4n) is 2.71. The summed E-state index contributed by atoms with van der Waals surface area (Å²) in [5, 5.41) is 8.61. The molecule has 3 rings (SSSR count). The van der Waals surface area contributed by atoms with E-state index in [1.54, 1.807) is 11.3 Å². The van der Waals surface area contributed by atoms with Gasteiger partial charge in [0, 0.05) is 30.1 Å². The van der Waals surface area contributed by atoms with Gasteiger partial charge in [0.25, 0.3) is 5.91 Å². The Bertz CT molecular complexity index is 758. The van der Waals surface area contributed by atoms with E-state index in [4.69, 9.17) is 15.3 Å². The van der Waals surface area contributed by atoms with Gasteiger partial charge >= 0.3 is 0 Å². The first kappa shape index (κ1) is 19.3. The fraction of sp³-hybridized carbons (Fsp3) is 0.368. The van der Waals surface area contributed by atoms with Gasteiger partial charge in [0.1, 0.15) is 0 Å². The van der Waals surface area contributed by atoms with E-state index in [1.165, 1.54) is 0 Å². The van der Waals surface area contributed by atoms with Crippen LogP contribution in [0.1, 0.15) is 16.0 Å². The summed E-state index contributed by atoms with van der Waals surface area (Å²) < 4.78 is 5.37. The summed E-state index contributed by atoms with van der Waals surface area (Å²) in [7, 11) is 0. The first-order valence-electron chi connectivity index (χ1n) is 8.84. The van der Waals surface area contributed by atoms with E-state index in [9.17, 15) is 4.79 Å². The number of rotatable bonds is 8. The van der Waals surface area contributed by atoms with E-state index in [-0.39, 0.29) is 18.3 Å². The molecule has 7 nitrogen and oxygen atoms in total. The van der Waals surface area contributed by atoms with Crippen LogP contribution in [-0.2, 0) is 27.5 Å². The molecule has 1 fully saturated rings. The first-order chi connectivity index (χ1) is 13.2. The summed E-state index contributed by atoms with van der Waals surface area (Å²) in [6.45, 7) is 4.56. The van der Waals surface area contributed by atoms with E-state index in [1.807, 2.05) is 35.7 Å². The zero-order valence-corrected chi connectivity index (χ0v) is 15.9. The third-order valence-electron chi connectivity index (χ3n) is 4.13. The number of carbonyl (C=O) groups excluding carboxylic acids is 1. The van der Waals surface area contributed by atoms with Crippen molar-refractivity contribution in [2.45, 2.75) is 13.1 Å². The second-order valence-electron chi connectivity index (χ2n) is 6.19. The van der Waals surface area contributed by atoms with Crippen molar-refractivity contribution in [3.05, 3.63) is 57.8 Å². The number of oxime groups is 1. The fourth-order valence-corrected chi connectivity index (χ4v) is 3.35. The van der Waals surface area contributed by atoms with Crippen LogP contribution < -0.4 is 11.1 Å². The largest absolute Gasteiger partial charge is 0.384 e. The maximum Gasteiger partial charge on any atom is 0.261 e. The highest BCUT2D eigenvalue weighted by molar-refractivity contribution is 7.09. The molecule has 0 bridgehead atoms. The molecule has 1 aliphatic rings. The molecular formula is C19H24N4O3S. The van der Waals surface area contributed by atoms with E-state index in [0.717, 1.165) is 48.9 Å².